The highest BCUT2D eigenvalue weighted by molar-refractivity contribution is 6.30. The van der Waals surface area contributed by atoms with Crippen molar-refractivity contribution in [3.63, 3.8) is 0 Å². The molecule has 20 heavy (non-hydrogen) atoms. The number of benzene rings is 2. The van der Waals surface area contributed by atoms with Gasteiger partial charge in [-0.2, -0.15) is 0 Å². The van der Waals surface area contributed by atoms with Gasteiger partial charge in [-0.3, -0.25) is 0 Å². The van der Waals surface area contributed by atoms with Gasteiger partial charge < -0.3 is 10.5 Å². The van der Waals surface area contributed by atoms with E-state index in [0.717, 1.165) is 5.56 Å². The van der Waals surface area contributed by atoms with Crippen molar-refractivity contribution in [1.29, 1.82) is 0 Å². The molecule has 0 aliphatic carbocycles. The molecule has 0 spiro atoms. The first kappa shape index (κ1) is 14.8. The van der Waals surface area contributed by atoms with Crippen LogP contribution in [-0.4, -0.2) is 6.04 Å². The third-order valence-corrected chi connectivity index (χ3v) is 3.33. The molecule has 2 unspecified atom stereocenters. The van der Waals surface area contributed by atoms with Crippen LogP contribution in [0.3, 0.4) is 0 Å². The third-order valence-electron chi connectivity index (χ3n) is 3.08. The summed E-state index contributed by atoms with van der Waals surface area (Å²) in [6.07, 6.45) is -0.352. The van der Waals surface area contributed by atoms with E-state index >= 15 is 0 Å². The quantitative estimate of drug-likeness (QED) is 0.914. The number of halogens is 2. The number of hydrogen-bond donors (Lipinski definition) is 1. The van der Waals surface area contributed by atoms with Gasteiger partial charge in [-0.05, 0) is 43.2 Å². The molecule has 0 bridgehead atoms. The van der Waals surface area contributed by atoms with Crippen LogP contribution in [0.4, 0.5) is 4.39 Å². The van der Waals surface area contributed by atoms with Crippen LogP contribution in [0, 0.1) is 12.7 Å². The summed E-state index contributed by atoms with van der Waals surface area (Å²) >= 11 is 5.87. The van der Waals surface area contributed by atoms with Gasteiger partial charge in [0.05, 0.1) is 0 Å². The Bertz CT molecular complexity index is 584. The average molecular weight is 294 g/mol. The molecular weight excluding hydrogens is 277 g/mol. The minimum atomic E-state index is -0.352. The molecule has 0 saturated carbocycles. The van der Waals surface area contributed by atoms with E-state index < -0.39 is 0 Å². The second-order valence-corrected chi connectivity index (χ2v) is 5.30. The van der Waals surface area contributed by atoms with Crippen LogP contribution in [-0.2, 0) is 0 Å². The molecule has 0 heterocycles. The van der Waals surface area contributed by atoms with Crippen molar-refractivity contribution in [2.24, 2.45) is 5.73 Å². The van der Waals surface area contributed by atoms with E-state index in [1.807, 2.05) is 19.1 Å². The van der Waals surface area contributed by atoms with Crippen molar-refractivity contribution in [1.82, 2.24) is 0 Å². The fraction of sp³-hybridized carbons (Fsp3) is 0.250. The van der Waals surface area contributed by atoms with Crippen molar-refractivity contribution in [2.75, 3.05) is 0 Å². The SMILES string of the molecule is Cc1ccc(OC(c2ccc(Cl)cc2)C(C)N)cc1F. The topological polar surface area (TPSA) is 35.2 Å². The van der Waals surface area contributed by atoms with Gasteiger partial charge in [-0.25, -0.2) is 4.39 Å². The summed E-state index contributed by atoms with van der Waals surface area (Å²) in [6.45, 7) is 3.56. The van der Waals surface area contributed by atoms with Gasteiger partial charge in [-0.1, -0.05) is 29.8 Å². The van der Waals surface area contributed by atoms with Crippen LogP contribution in [0.25, 0.3) is 0 Å². The summed E-state index contributed by atoms with van der Waals surface area (Å²) in [5.74, 6) is 0.174. The Kier molecular flexibility index (Phi) is 4.63. The highest BCUT2D eigenvalue weighted by atomic mass is 35.5. The molecule has 0 radical (unpaired) electrons. The van der Waals surface area contributed by atoms with Crippen molar-refractivity contribution >= 4 is 11.6 Å². The van der Waals surface area contributed by atoms with Gasteiger partial charge in [0.2, 0.25) is 0 Å². The van der Waals surface area contributed by atoms with E-state index in [2.05, 4.69) is 0 Å². The Balaban J connectivity index is 2.25. The van der Waals surface area contributed by atoms with Crippen LogP contribution < -0.4 is 10.5 Å². The number of ether oxygens (including phenoxy) is 1. The molecule has 2 N–H and O–H groups in total. The predicted octanol–water partition coefficient (Wildman–Crippen LogP) is 4.25. The minimum absolute atomic E-state index is 0.236. The monoisotopic (exact) mass is 293 g/mol. The number of hydrogen-bond acceptors (Lipinski definition) is 2. The normalized spacial score (nSPS) is 13.8. The van der Waals surface area contributed by atoms with Gasteiger partial charge >= 0.3 is 0 Å². The zero-order chi connectivity index (χ0) is 14.7. The lowest BCUT2D eigenvalue weighted by atomic mass is 10.0. The van der Waals surface area contributed by atoms with Gasteiger partial charge in [0.15, 0.2) is 0 Å². The second kappa shape index (κ2) is 6.25. The van der Waals surface area contributed by atoms with E-state index in [1.54, 1.807) is 31.2 Å². The van der Waals surface area contributed by atoms with Gasteiger partial charge in [0.1, 0.15) is 17.7 Å². The fourth-order valence-corrected chi connectivity index (χ4v) is 2.05. The maximum Gasteiger partial charge on any atom is 0.138 e. The van der Waals surface area contributed by atoms with Gasteiger partial charge in [0, 0.05) is 17.1 Å². The maximum absolute atomic E-state index is 13.6. The molecule has 0 aliphatic heterocycles. The predicted molar refractivity (Wildman–Crippen MR) is 79.6 cm³/mol. The van der Waals surface area contributed by atoms with Gasteiger partial charge in [-0.15, -0.1) is 0 Å². The lowest BCUT2D eigenvalue weighted by molar-refractivity contribution is 0.179. The highest BCUT2D eigenvalue weighted by Crippen LogP contribution is 2.26. The molecule has 0 aromatic heterocycles. The van der Waals surface area contributed by atoms with Crippen molar-refractivity contribution in [3.05, 3.63) is 64.4 Å². The summed E-state index contributed by atoms with van der Waals surface area (Å²) < 4.78 is 19.4. The summed E-state index contributed by atoms with van der Waals surface area (Å²) in [7, 11) is 0. The highest BCUT2D eigenvalue weighted by Gasteiger charge is 2.18. The lowest BCUT2D eigenvalue weighted by Crippen LogP contribution is -2.29. The standard InChI is InChI=1S/C16H17ClFNO/c1-10-3-8-14(9-15(10)18)20-16(11(2)19)12-4-6-13(17)7-5-12/h3-9,11,16H,19H2,1-2H3. The number of aryl methyl sites for hydroxylation is 1. The third kappa shape index (κ3) is 3.50. The molecule has 0 fully saturated rings. The van der Waals surface area contributed by atoms with E-state index in [9.17, 15) is 4.39 Å². The fourth-order valence-electron chi connectivity index (χ4n) is 1.92. The van der Waals surface area contributed by atoms with E-state index in [0.29, 0.717) is 16.3 Å². The Morgan fingerprint density at radius 1 is 1.15 bits per heavy atom. The Hall–Kier alpha value is -1.58. The first-order chi connectivity index (χ1) is 9.47. The van der Waals surface area contributed by atoms with Crippen molar-refractivity contribution in [2.45, 2.75) is 26.0 Å². The van der Waals surface area contributed by atoms with Crippen LogP contribution in [0.5, 0.6) is 5.75 Å². The van der Waals surface area contributed by atoms with Crippen molar-refractivity contribution < 1.29 is 9.13 Å². The molecule has 2 rings (SSSR count). The summed E-state index contributed by atoms with van der Waals surface area (Å²) in [5, 5.41) is 0.651. The van der Waals surface area contributed by atoms with Crippen molar-refractivity contribution in [3.8, 4) is 5.75 Å². The Morgan fingerprint density at radius 3 is 2.35 bits per heavy atom. The molecule has 2 aromatic carbocycles. The summed E-state index contributed by atoms with van der Waals surface area (Å²) in [5.41, 5.74) is 7.46. The number of nitrogens with two attached hydrogens (primary N) is 1. The first-order valence-electron chi connectivity index (χ1n) is 6.41. The van der Waals surface area contributed by atoms with Crippen LogP contribution in [0.15, 0.2) is 42.5 Å². The van der Waals surface area contributed by atoms with Crippen LogP contribution in [0.2, 0.25) is 5.02 Å². The smallest absolute Gasteiger partial charge is 0.138 e. The number of rotatable bonds is 4. The molecule has 106 valence electrons. The molecule has 2 aromatic rings. The maximum atomic E-state index is 13.6. The van der Waals surface area contributed by atoms with Crippen LogP contribution >= 0.6 is 11.6 Å². The minimum Gasteiger partial charge on any atom is -0.484 e. The van der Waals surface area contributed by atoms with E-state index in [1.165, 1.54) is 6.07 Å². The van der Waals surface area contributed by atoms with Crippen LogP contribution in [0.1, 0.15) is 24.2 Å². The molecule has 0 saturated heterocycles. The largest absolute Gasteiger partial charge is 0.484 e. The molecule has 2 nitrogen and oxygen atoms in total. The Labute approximate surface area is 123 Å². The van der Waals surface area contributed by atoms with E-state index in [-0.39, 0.29) is 18.0 Å². The molecule has 4 heteroatoms. The van der Waals surface area contributed by atoms with Gasteiger partial charge in [0.25, 0.3) is 0 Å². The molecule has 0 aliphatic rings. The zero-order valence-corrected chi connectivity index (χ0v) is 12.2. The average Bonchev–Trinajstić information content (AvgIpc) is 2.41. The van der Waals surface area contributed by atoms with E-state index in [4.69, 9.17) is 22.1 Å². The molecular formula is C16H17ClFNO. The lowest BCUT2D eigenvalue weighted by Gasteiger charge is -2.23. The summed E-state index contributed by atoms with van der Waals surface area (Å²) in [6, 6.07) is 11.9. The zero-order valence-electron chi connectivity index (χ0n) is 11.4. The summed E-state index contributed by atoms with van der Waals surface area (Å²) in [4.78, 5) is 0. The first-order valence-corrected chi connectivity index (χ1v) is 6.79. The molecule has 2 atom stereocenters. The second-order valence-electron chi connectivity index (χ2n) is 4.86. The Morgan fingerprint density at radius 2 is 1.80 bits per heavy atom. The molecule has 0 amide bonds.